The quantitative estimate of drug-likeness (QED) is 0.723. The van der Waals surface area contributed by atoms with Gasteiger partial charge in [-0.25, -0.2) is 14.3 Å². The van der Waals surface area contributed by atoms with E-state index < -0.39 is 0 Å². The number of fused-ring (bicyclic) bond motifs is 1. The molecule has 2 aromatic heterocycles. The van der Waals surface area contributed by atoms with E-state index in [1.807, 2.05) is 35.9 Å². The smallest absolute Gasteiger partial charge is 0.305 e. The third-order valence-corrected chi connectivity index (χ3v) is 4.06. The van der Waals surface area contributed by atoms with Gasteiger partial charge in [0, 0.05) is 5.38 Å². The minimum atomic E-state index is -0.145. The summed E-state index contributed by atoms with van der Waals surface area (Å²) in [6.45, 7) is 0. The molecule has 0 atom stereocenters. The van der Waals surface area contributed by atoms with Crippen molar-refractivity contribution in [3.05, 3.63) is 40.1 Å². The highest BCUT2D eigenvalue weighted by atomic mass is 32.2. The highest BCUT2D eigenvalue weighted by Gasteiger charge is 2.11. The fourth-order valence-corrected chi connectivity index (χ4v) is 3.15. The van der Waals surface area contributed by atoms with Gasteiger partial charge < -0.3 is 4.98 Å². The number of hydrogen-bond donors (Lipinski definition) is 1. The van der Waals surface area contributed by atoms with Crippen molar-refractivity contribution in [1.82, 2.24) is 14.5 Å². The van der Waals surface area contributed by atoms with Crippen LogP contribution in [-0.2, 0) is 0 Å². The summed E-state index contributed by atoms with van der Waals surface area (Å²) in [4.78, 5) is 19.1. The van der Waals surface area contributed by atoms with Gasteiger partial charge >= 0.3 is 5.69 Å². The average Bonchev–Trinajstić information content (AvgIpc) is 2.91. The molecule has 86 valence electrons. The van der Waals surface area contributed by atoms with E-state index in [2.05, 4.69) is 9.97 Å². The Kier molecular flexibility index (Phi) is 2.53. The molecule has 0 unspecified atom stereocenters. The van der Waals surface area contributed by atoms with E-state index in [0.29, 0.717) is 5.13 Å². The molecular weight excluding hydrogens is 254 g/mol. The molecule has 1 N–H and O–H groups in total. The lowest BCUT2D eigenvalue weighted by Gasteiger charge is -1.96. The summed E-state index contributed by atoms with van der Waals surface area (Å²) in [6, 6.07) is 7.61. The summed E-state index contributed by atoms with van der Waals surface area (Å²) in [7, 11) is 0. The van der Waals surface area contributed by atoms with E-state index in [-0.39, 0.29) is 5.69 Å². The van der Waals surface area contributed by atoms with Gasteiger partial charge in [0.25, 0.3) is 0 Å². The van der Waals surface area contributed by atoms with Crippen LogP contribution in [0.3, 0.4) is 0 Å². The van der Waals surface area contributed by atoms with Crippen molar-refractivity contribution in [1.29, 1.82) is 0 Å². The Hall–Kier alpha value is -1.53. The number of rotatable bonds is 2. The molecule has 2 heterocycles. The van der Waals surface area contributed by atoms with E-state index in [1.165, 1.54) is 11.3 Å². The van der Waals surface area contributed by atoms with Gasteiger partial charge in [-0.1, -0.05) is 12.1 Å². The van der Waals surface area contributed by atoms with Gasteiger partial charge in [-0.05, 0) is 18.4 Å². The number of nitrogens with one attached hydrogen (secondary N) is 1. The minimum Gasteiger partial charge on any atom is -0.305 e. The summed E-state index contributed by atoms with van der Waals surface area (Å²) < 4.78 is 1.61. The Labute approximate surface area is 105 Å². The molecule has 3 aromatic rings. The third-order valence-electron chi connectivity index (χ3n) is 2.46. The summed E-state index contributed by atoms with van der Waals surface area (Å²) in [6.07, 6.45) is 1.97. The van der Waals surface area contributed by atoms with Crippen LogP contribution in [0.4, 0.5) is 0 Å². The Morgan fingerprint density at radius 2 is 2.24 bits per heavy atom. The summed E-state index contributed by atoms with van der Waals surface area (Å²) in [5, 5.41) is 3.59. The second-order valence-electron chi connectivity index (χ2n) is 3.46. The van der Waals surface area contributed by atoms with Crippen molar-refractivity contribution >= 4 is 34.1 Å². The van der Waals surface area contributed by atoms with Crippen molar-refractivity contribution in [2.45, 2.75) is 5.03 Å². The largest absolute Gasteiger partial charge is 0.332 e. The normalized spacial score (nSPS) is 11.1. The molecule has 3 rings (SSSR count). The van der Waals surface area contributed by atoms with E-state index >= 15 is 0 Å². The van der Waals surface area contributed by atoms with Gasteiger partial charge in [-0.15, -0.1) is 23.1 Å². The topological polar surface area (TPSA) is 50.7 Å². The molecule has 17 heavy (non-hydrogen) atoms. The molecule has 4 nitrogen and oxygen atoms in total. The van der Waals surface area contributed by atoms with Gasteiger partial charge in [0.1, 0.15) is 5.03 Å². The van der Waals surface area contributed by atoms with Crippen molar-refractivity contribution in [3.8, 4) is 5.13 Å². The zero-order valence-electron chi connectivity index (χ0n) is 9.01. The molecule has 0 aliphatic carbocycles. The predicted molar refractivity (Wildman–Crippen MR) is 71.3 cm³/mol. The first-order valence-corrected chi connectivity index (χ1v) is 7.09. The summed E-state index contributed by atoms with van der Waals surface area (Å²) >= 11 is 3.04. The van der Waals surface area contributed by atoms with Crippen LogP contribution >= 0.6 is 23.1 Å². The molecule has 0 aliphatic heterocycles. The number of hydrogen-bond acceptors (Lipinski definition) is 4. The minimum absolute atomic E-state index is 0.145. The number of aromatic nitrogens is 3. The number of para-hydroxylation sites is 2. The van der Waals surface area contributed by atoms with E-state index in [1.54, 1.807) is 16.3 Å². The van der Waals surface area contributed by atoms with Crippen LogP contribution in [-0.4, -0.2) is 20.8 Å². The first-order chi connectivity index (χ1) is 8.29. The molecule has 0 fully saturated rings. The lowest BCUT2D eigenvalue weighted by atomic mass is 10.3. The number of thioether (sulfide) groups is 1. The fourth-order valence-electron chi connectivity index (χ4n) is 1.69. The molecule has 0 radical (unpaired) electrons. The first kappa shape index (κ1) is 10.6. The lowest BCUT2D eigenvalue weighted by Crippen LogP contribution is -2.14. The van der Waals surface area contributed by atoms with Crippen molar-refractivity contribution in [3.63, 3.8) is 0 Å². The van der Waals surface area contributed by atoms with Crippen LogP contribution in [0.5, 0.6) is 0 Å². The molecule has 0 aliphatic rings. The van der Waals surface area contributed by atoms with Crippen molar-refractivity contribution in [2.75, 3.05) is 6.26 Å². The molecule has 0 saturated heterocycles. The monoisotopic (exact) mass is 263 g/mol. The number of aromatic amines is 1. The highest BCUT2D eigenvalue weighted by molar-refractivity contribution is 7.98. The van der Waals surface area contributed by atoms with Gasteiger partial charge in [0.05, 0.1) is 11.0 Å². The van der Waals surface area contributed by atoms with Crippen LogP contribution < -0.4 is 5.69 Å². The SMILES string of the molecule is CSc1csc(-n2c(=O)[nH]c3ccccc32)n1. The van der Waals surface area contributed by atoms with E-state index in [4.69, 9.17) is 0 Å². The van der Waals surface area contributed by atoms with E-state index in [0.717, 1.165) is 16.1 Å². The standard InChI is InChI=1S/C11H9N3OS2/c1-16-9-6-17-11(13-9)14-8-5-3-2-4-7(8)12-10(14)15/h2-6H,1H3,(H,12,15). The Balaban J connectivity index is 2.29. The lowest BCUT2D eigenvalue weighted by molar-refractivity contribution is 0.975. The molecule has 0 spiro atoms. The number of H-pyrrole nitrogens is 1. The van der Waals surface area contributed by atoms with Crippen LogP contribution in [0.1, 0.15) is 0 Å². The Morgan fingerprint density at radius 1 is 1.41 bits per heavy atom. The molecule has 6 heteroatoms. The molecule has 0 bridgehead atoms. The van der Waals surface area contributed by atoms with Gasteiger partial charge in [-0.3, -0.25) is 0 Å². The van der Waals surface area contributed by atoms with Crippen LogP contribution in [0.15, 0.2) is 39.5 Å². The second-order valence-corrected chi connectivity index (χ2v) is 5.12. The molecule has 1 aromatic carbocycles. The zero-order valence-corrected chi connectivity index (χ0v) is 10.6. The molecular formula is C11H9N3OS2. The highest BCUT2D eigenvalue weighted by Crippen LogP contribution is 2.22. The predicted octanol–water partition coefficient (Wildman–Crippen LogP) is 2.50. The number of thiazole rings is 1. The zero-order chi connectivity index (χ0) is 11.8. The van der Waals surface area contributed by atoms with Crippen LogP contribution in [0.25, 0.3) is 16.2 Å². The van der Waals surface area contributed by atoms with Crippen molar-refractivity contribution in [2.24, 2.45) is 0 Å². The maximum atomic E-state index is 11.9. The number of imidazole rings is 1. The van der Waals surface area contributed by atoms with Gasteiger partial charge in [-0.2, -0.15) is 0 Å². The first-order valence-electron chi connectivity index (χ1n) is 4.99. The Morgan fingerprint density at radius 3 is 3.00 bits per heavy atom. The van der Waals surface area contributed by atoms with Gasteiger partial charge in [0.2, 0.25) is 0 Å². The number of nitrogens with zero attached hydrogens (tertiary/aromatic N) is 2. The molecule has 0 saturated carbocycles. The maximum Gasteiger partial charge on any atom is 0.332 e. The van der Waals surface area contributed by atoms with Crippen LogP contribution in [0.2, 0.25) is 0 Å². The summed E-state index contributed by atoms with van der Waals surface area (Å²) in [5.41, 5.74) is 1.55. The van der Waals surface area contributed by atoms with Gasteiger partial charge in [0.15, 0.2) is 5.13 Å². The third kappa shape index (κ3) is 1.69. The van der Waals surface area contributed by atoms with Crippen molar-refractivity contribution < 1.29 is 0 Å². The van der Waals surface area contributed by atoms with E-state index in [9.17, 15) is 4.79 Å². The molecule has 0 amide bonds. The average molecular weight is 263 g/mol. The Bertz CT molecular complexity index is 725. The van der Waals surface area contributed by atoms with Crippen LogP contribution in [0, 0.1) is 0 Å². The second kappa shape index (κ2) is 4.05. The number of benzene rings is 1. The fraction of sp³-hybridized carbons (Fsp3) is 0.0909. The summed E-state index contributed by atoms with van der Waals surface area (Å²) in [5.74, 6) is 0. The maximum absolute atomic E-state index is 11.9.